The summed E-state index contributed by atoms with van der Waals surface area (Å²) in [6, 6.07) is 8.14. The summed E-state index contributed by atoms with van der Waals surface area (Å²) in [6.45, 7) is 9.00. The van der Waals surface area contributed by atoms with Gasteiger partial charge in [0, 0.05) is 30.0 Å². The van der Waals surface area contributed by atoms with Gasteiger partial charge in [-0.3, -0.25) is 9.69 Å². The van der Waals surface area contributed by atoms with Gasteiger partial charge in [0.1, 0.15) is 5.82 Å². The number of aromatic nitrogens is 4. The van der Waals surface area contributed by atoms with Crippen LogP contribution in [0.4, 0.5) is 5.69 Å². The highest BCUT2D eigenvalue weighted by Crippen LogP contribution is 2.21. The second-order valence-corrected chi connectivity index (χ2v) is 8.17. The first-order valence-electron chi connectivity index (χ1n) is 10.8. The highest BCUT2D eigenvalue weighted by molar-refractivity contribution is 5.91. The maximum Gasteiger partial charge on any atom is 0.252 e. The molecule has 7 heteroatoms. The zero-order valence-electron chi connectivity index (χ0n) is 18.1. The van der Waals surface area contributed by atoms with Crippen LogP contribution in [0.15, 0.2) is 24.3 Å². The second kappa shape index (κ2) is 8.92. The summed E-state index contributed by atoms with van der Waals surface area (Å²) in [5.74, 6) is 1.34. The fourth-order valence-electron chi connectivity index (χ4n) is 4.26. The van der Waals surface area contributed by atoms with Crippen molar-refractivity contribution in [1.29, 1.82) is 0 Å². The average molecular weight is 407 g/mol. The molecule has 4 rings (SSSR count). The minimum Gasteiger partial charge on any atom is -0.326 e. The van der Waals surface area contributed by atoms with Crippen LogP contribution in [-0.4, -0.2) is 43.5 Å². The minimum atomic E-state index is 0.0229. The van der Waals surface area contributed by atoms with Crippen molar-refractivity contribution in [3.63, 3.8) is 0 Å². The van der Waals surface area contributed by atoms with E-state index in [1.807, 2.05) is 39.0 Å². The van der Waals surface area contributed by atoms with Crippen molar-refractivity contribution in [3.05, 3.63) is 52.6 Å². The quantitative estimate of drug-likeness (QED) is 0.677. The Hall–Kier alpha value is -2.80. The number of likely N-dealkylation sites (tertiary alicyclic amines) is 1. The van der Waals surface area contributed by atoms with Crippen molar-refractivity contribution in [2.75, 3.05) is 18.4 Å². The Morgan fingerprint density at radius 1 is 1.07 bits per heavy atom. The van der Waals surface area contributed by atoms with E-state index in [0.29, 0.717) is 24.4 Å². The monoisotopic (exact) mass is 406 g/mol. The largest absolute Gasteiger partial charge is 0.326 e. The van der Waals surface area contributed by atoms with Gasteiger partial charge in [-0.05, 0) is 70.3 Å². The van der Waals surface area contributed by atoms with E-state index >= 15 is 0 Å². The van der Waals surface area contributed by atoms with Crippen LogP contribution in [0.1, 0.15) is 54.0 Å². The van der Waals surface area contributed by atoms with Crippen molar-refractivity contribution >= 4 is 17.4 Å². The zero-order valence-corrected chi connectivity index (χ0v) is 18.1. The lowest BCUT2D eigenvalue weighted by Gasteiger charge is -2.27. The molecule has 3 aromatic rings. The van der Waals surface area contributed by atoms with Gasteiger partial charge in [0.05, 0.1) is 0 Å². The standard InChI is InChI=1S/C23H30N6O/c1-16-20(17(2)29-23(24-16)25-18(3)27-29)11-12-22(30)26-21-10-6-5-9-19(21)15-28-13-7-4-8-14-28/h5-6,9-10H,4,7-8,11-15H2,1-3H3,(H,26,30). The van der Waals surface area contributed by atoms with E-state index in [1.165, 1.54) is 24.8 Å². The van der Waals surface area contributed by atoms with E-state index in [4.69, 9.17) is 0 Å². The molecule has 1 aliphatic heterocycles. The molecule has 1 aliphatic rings. The van der Waals surface area contributed by atoms with Crippen molar-refractivity contribution < 1.29 is 4.79 Å². The van der Waals surface area contributed by atoms with E-state index in [9.17, 15) is 4.79 Å². The van der Waals surface area contributed by atoms with E-state index in [2.05, 4.69) is 31.3 Å². The summed E-state index contributed by atoms with van der Waals surface area (Å²) >= 11 is 0. The molecule has 1 amide bonds. The highest BCUT2D eigenvalue weighted by Gasteiger charge is 2.16. The van der Waals surface area contributed by atoms with Gasteiger partial charge in [-0.1, -0.05) is 24.6 Å². The van der Waals surface area contributed by atoms with Crippen LogP contribution in [0.2, 0.25) is 0 Å². The molecular weight excluding hydrogens is 376 g/mol. The van der Waals surface area contributed by atoms with Crippen molar-refractivity contribution in [2.45, 2.75) is 59.4 Å². The van der Waals surface area contributed by atoms with Crippen LogP contribution >= 0.6 is 0 Å². The Morgan fingerprint density at radius 3 is 2.63 bits per heavy atom. The SMILES string of the molecule is Cc1nc2nc(C)c(CCC(=O)Nc3ccccc3CN3CCCCC3)c(C)n2n1. The number of carbonyl (C=O) groups excluding carboxylic acids is 1. The molecule has 0 bridgehead atoms. The first kappa shape index (κ1) is 20.5. The number of hydrogen-bond acceptors (Lipinski definition) is 5. The summed E-state index contributed by atoms with van der Waals surface area (Å²) < 4.78 is 1.77. The third kappa shape index (κ3) is 4.51. The van der Waals surface area contributed by atoms with Gasteiger partial charge >= 0.3 is 0 Å². The number of hydrogen-bond donors (Lipinski definition) is 1. The molecule has 1 fully saturated rings. The molecule has 158 valence electrons. The van der Waals surface area contributed by atoms with Crippen LogP contribution < -0.4 is 5.32 Å². The Balaban J connectivity index is 1.43. The van der Waals surface area contributed by atoms with Gasteiger partial charge in [0.2, 0.25) is 5.91 Å². The first-order chi connectivity index (χ1) is 14.5. The number of nitrogens with one attached hydrogen (secondary N) is 1. The third-order valence-electron chi connectivity index (χ3n) is 5.89. The maximum absolute atomic E-state index is 12.7. The van der Waals surface area contributed by atoms with E-state index in [-0.39, 0.29) is 5.91 Å². The Bertz CT molecular complexity index is 1050. The average Bonchev–Trinajstić information content (AvgIpc) is 3.10. The summed E-state index contributed by atoms with van der Waals surface area (Å²) in [5.41, 5.74) is 5.06. The van der Waals surface area contributed by atoms with Gasteiger partial charge in [-0.15, -0.1) is 0 Å². The lowest BCUT2D eigenvalue weighted by atomic mass is 10.1. The van der Waals surface area contributed by atoms with Crippen LogP contribution in [0.25, 0.3) is 5.78 Å². The van der Waals surface area contributed by atoms with Gasteiger partial charge in [0.25, 0.3) is 5.78 Å². The summed E-state index contributed by atoms with van der Waals surface area (Å²) in [7, 11) is 0. The molecule has 1 saturated heterocycles. The molecule has 30 heavy (non-hydrogen) atoms. The van der Waals surface area contributed by atoms with E-state index < -0.39 is 0 Å². The number of para-hydroxylation sites is 1. The number of benzene rings is 1. The lowest BCUT2D eigenvalue weighted by molar-refractivity contribution is -0.116. The van der Waals surface area contributed by atoms with Crippen molar-refractivity contribution in [3.8, 4) is 0 Å². The summed E-state index contributed by atoms with van der Waals surface area (Å²) in [5, 5.41) is 7.54. The Kier molecular flexibility index (Phi) is 6.08. The summed E-state index contributed by atoms with van der Waals surface area (Å²) in [6.07, 6.45) is 4.87. The number of carbonyl (C=O) groups is 1. The molecule has 1 N–H and O–H groups in total. The number of aryl methyl sites for hydroxylation is 3. The molecule has 0 atom stereocenters. The molecule has 0 aliphatic carbocycles. The summed E-state index contributed by atoms with van der Waals surface area (Å²) in [4.78, 5) is 24.1. The molecular formula is C23H30N6O. The normalized spacial score (nSPS) is 14.9. The Morgan fingerprint density at radius 2 is 1.83 bits per heavy atom. The predicted molar refractivity (Wildman–Crippen MR) is 118 cm³/mol. The number of piperidine rings is 1. The van der Waals surface area contributed by atoms with Gasteiger partial charge in [0.15, 0.2) is 0 Å². The fraction of sp³-hybridized carbons (Fsp3) is 0.478. The molecule has 0 saturated carbocycles. The molecule has 3 heterocycles. The van der Waals surface area contributed by atoms with Crippen LogP contribution in [0, 0.1) is 20.8 Å². The third-order valence-corrected chi connectivity index (χ3v) is 5.89. The van der Waals surface area contributed by atoms with E-state index in [0.717, 1.165) is 42.3 Å². The van der Waals surface area contributed by atoms with Crippen LogP contribution in [0.3, 0.4) is 0 Å². The smallest absolute Gasteiger partial charge is 0.252 e. The molecule has 2 aromatic heterocycles. The molecule has 7 nitrogen and oxygen atoms in total. The number of rotatable bonds is 6. The maximum atomic E-state index is 12.7. The number of nitrogens with zero attached hydrogens (tertiary/aromatic N) is 5. The lowest BCUT2D eigenvalue weighted by Crippen LogP contribution is -2.29. The number of anilines is 1. The molecule has 0 unspecified atom stereocenters. The minimum absolute atomic E-state index is 0.0229. The zero-order chi connectivity index (χ0) is 21.1. The molecule has 1 aromatic carbocycles. The first-order valence-corrected chi connectivity index (χ1v) is 10.8. The predicted octanol–water partition coefficient (Wildman–Crippen LogP) is 3.61. The van der Waals surface area contributed by atoms with Crippen LogP contribution in [0.5, 0.6) is 0 Å². The number of fused-ring (bicyclic) bond motifs is 1. The van der Waals surface area contributed by atoms with Crippen LogP contribution in [-0.2, 0) is 17.8 Å². The molecule has 0 spiro atoms. The van der Waals surface area contributed by atoms with E-state index in [1.54, 1.807) is 4.52 Å². The van der Waals surface area contributed by atoms with Crippen molar-refractivity contribution in [2.24, 2.45) is 0 Å². The molecule has 0 radical (unpaired) electrons. The fourth-order valence-corrected chi connectivity index (χ4v) is 4.26. The highest BCUT2D eigenvalue weighted by atomic mass is 16.1. The second-order valence-electron chi connectivity index (χ2n) is 8.17. The van der Waals surface area contributed by atoms with Gasteiger partial charge in [-0.25, -0.2) is 9.50 Å². The van der Waals surface area contributed by atoms with Gasteiger partial charge in [-0.2, -0.15) is 10.1 Å². The Labute approximate surface area is 177 Å². The number of amides is 1. The van der Waals surface area contributed by atoms with Crippen molar-refractivity contribution in [1.82, 2.24) is 24.5 Å². The topological polar surface area (TPSA) is 75.4 Å². The van der Waals surface area contributed by atoms with Gasteiger partial charge < -0.3 is 5.32 Å².